The predicted octanol–water partition coefficient (Wildman–Crippen LogP) is 19.1. The zero-order chi connectivity index (χ0) is 57.1. The van der Waals surface area contributed by atoms with Crippen LogP contribution in [0.25, 0.3) is 39.9 Å². The van der Waals surface area contributed by atoms with Crippen molar-refractivity contribution in [2.24, 2.45) is 0 Å². The fraction of sp³-hybridized carbons (Fsp3) is 0.280. The van der Waals surface area contributed by atoms with Crippen molar-refractivity contribution in [2.45, 2.75) is 141 Å². The molecule has 79 heavy (non-hydrogen) atoms. The first-order valence-corrected chi connectivity index (χ1v) is 28.5. The van der Waals surface area contributed by atoms with Crippen molar-refractivity contribution in [3.63, 3.8) is 0 Å². The van der Waals surface area contributed by atoms with Crippen LogP contribution in [0.3, 0.4) is 0 Å². The van der Waals surface area contributed by atoms with Crippen molar-refractivity contribution in [3.8, 4) is 5.69 Å². The third-order valence-corrected chi connectivity index (χ3v) is 17.3. The first-order valence-electron chi connectivity index (χ1n) is 28.5. The SMILES string of the molecule is C=C/C(=C(/C)C(=C)c1ccccc1C)c1cc(C)c(N2c3cc4c(cc3B3c5cc(C(C)(C)C)ccc5N(c5c(C)cc(C(C)(C)C)cc5C)c5cc(C(C)(C)C)cc2c53)c(/C=C\C)c(C=C)n4-c2c(C)cccc2C)c(C)c1. The highest BCUT2D eigenvalue weighted by Crippen LogP contribution is 2.51. The van der Waals surface area contributed by atoms with Crippen LogP contribution in [0.2, 0.25) is 0 Å². The van der Waals surface area contributed by atoms with E-state index >= 15 is 0 Å². The van der Waals surface area contributed by atoms with E-state index in [4.69, 9.17) is 0 Å². The second-order valence-electron chi connectivity index (χ2n) is 26.0. The first kappa shape index (κ1) is 54.8. The van der Waals surface area contributed by atoms with Gasteiger partial charge < -0.3 is 14.4 Å². The van der Waals surface area contributed by atoms with E-state index in [1.165, 1.54) is 123 Å². The minimum absolute atomic E-state index is 0.00331. The van der Waals surface area contributed by atoms with Gasteiger partial charge in [0.1, 0.15) is 0 Å². The summed E-state index contributed by atoms with van der Waals surface area (Å²) in [6.07, 6.45) is 8.55. The largest absolute Gasteiger partial charge is 0.311 e. The number of rotatable bonds is 9. The van der Waals surface area contributed by atoms with Crippen LogP contribution in [0, 0.1) is 48.5 Å². The summed E-state index contributed by atoms with van der Waals surface area (Å²) in [6.45, 7) is 54.9. The van der Waals surface area contributed by atoms with Gasteiger partial charge in [0.25, 0.3) is 6.71 Å². The van der Waals surface area contributed by atoms with Gasteiger partial charge in [-0.05, 0) is 221 Å². The molecule has 3 heterocycles. The van der Waals surface area contributed by atoms with E-state index < -0.39 is 0 Å². The lowest BCUT2D eigenvalue weighted by molar-refractivity contribution is 0.589. The lowest BCUT2D eigenvalue weighted by atomic mass is 9.33. The van der Waals surface area contributed by atoms with E-state index in [2.05, 4.69) is 286 Å². The van der Waals surface area contributed by atoms with Crippen LogP contribution < -0.4 is 26.2 Å². The lowest BCUT2D eigenvalue weighted by Gasteiger charge is -2.46. The molecule has 4 heteroatoms. The molecule has 0 saturated carbocycles. The van der Waals surface area contributed by atoms with Crippen LogP contribution in [0.4, 0.5) is 34.1 Å². The number of allylic oxidation sites excluding steroid dienone is 5. The lowest BCUT2D eigenvalue weighted by Crippen LogP contribution is -2.61. The van der Waals surface area contributed by atoms with Crippen molar-refractivity contribution < 1.29 is 0 Å². The topological polar surface area (TPSA) is 11.4 Å². The van der Waals surface area contributed by atoms with Crippen LogP contribution in [0.1, 0.15) is 154 Å². The molecule has 0 saturated heterocycles. The van der Waals surface area contributed by atoms with Gasteiger partial charge in [0.05, 0.1) is 28.3 Å². The standard InChI is InChI=1S/C75H82BN3/c1-22-28-59-60-42-62-66(43-65(60)77(63(59)24-3)70-45(5)30-27-31-46(70)6)79(71-47(7)35-53(36-48(71)8)57(23-2)51(11)52(12)58-32-26-25-29-44(58)4)68-41-56(75(19,20)21)40-67-69(68)76(62)61-39-54(73(13,14)15)33-34-64(61)78(67)72-49(9)37-55(38-50(72)10)74(16,17)18/h22-43H,2-3,12H2,1,4-11,13-21H3/b28-22-,57-51+. The highest BCUT2D eigenvalue weighted by molar-refractivity contribution is 7.00. The Hall–Kier alpha value is -7.56. The summed E-state index contributed by atoms with van der Waals surface area (Å²) in [5.74, 6) is 0. The Morgan fingerprint density at radius 2 is 1.04 bits per heavy atom. The maximum absolute atomic E-state index is 4.67. The predicted molar refractivity (Wildman–Crippen MR) is 350 cm³/mol. The number of para-hydroxylation sites is 1. The zero-order valence-electron chi connectivity index (χ0n) is 50.7. The summed E-state index contributed by atoms with van der Waals surface area (Å²) < 4.78 is 2.49. The average Bonchev–Trinajstić information content (AvgIpc) is 2.72. The number of nitrogens with zero attached hydrogens (tertiary/aromatic N) is 3. The van der Waals surface area contributed by atoms with Crippen molar-refractivity contribution >= 4 is 91.4 Å². The Kier molecular flexibility index (Phi) is 13.6. The maximum Gasteiger partial charge on any atom is 0.252 e. The minimum atomic E-state index is -0.189. The number of fused-ring (bicyclic) bond motifs is 5. The van der Waals surface area contributed by atoms with Crippen LogP contribution >= 0.6 is 0 Å². The summed E-state index contributed by atoms with van der Waals surface area (Å²) in [6, 6.07) is 42.4. The molecule has 0 N–H and O–H groups in total. The number of hydrogen-bond acceptors (Lipinski definition) is 2. The van der Waals surface area contributed by atoms with E-state index in [9.17, 15) is 0 Å². The van der Waals surface area contributed by atoms with E-state index in [1.807, 2.05) is 6.08 Å². The van der Waals surface area contributed by atoms with Gasteiger partial charge in [-0.1, -0.05) is 173 Å². The molecule has 0 spiro atoms. The van der Waals surface area contributed by atoms with Crippen LogP contribution in [0.5, 0.6) is 0 Å². The second kappa shape index (κ2) is 19.7. The molecule has 0 unspecified atom stereocenters. The Labute approximate surface area is 474 Å². The zero-order valence-corrected chi connectivity index (χ0v) is 50.7. The summed E-state index contributed by atoms with van der Waals surface area (Å²) >= 11 is 0. The van der Waals surface area contributed by atoms with Gasteiger partial charge in [-0.2, -0.15) is 0 Å². The summed E-state index contributed by atoms with van der Waals surface area (Å²) in [5, 5.41) is 1.21. The van der Waals surface area contributed by atoms with Gasteiger partial charge in [0, 0.05) is 33.7 Å². The van der Waals surface area contributed by atoms with Gasteiger partial charge in [-0.25, -0.2) is 0 Å². The number of aryl methyl sites for hydroxylation is 7. The second-order valence-corrected chi connectivity index (χ2v) is 26.0. The van der Waals surface area contributed by atoms with Crippen molar-refractivity contribution in [3.05, 3.63) is 225 Å². The van der Waals surface area contributed by atoms with Crippen molar-refractivity contribution in [1.82, 2.24) is 4.57 Å². The highest BCUT2D eigenvalue weighted by atomic mass is 15.2. The molecule has 0 bridgehead atoms. The molecule has 3 nitrogen and oxygen atoms in total. The van der Waals surface area contributed by atoms with Crippen LogP contribution in [-0.2, 0) is 16.2 Å². The van der Waals surface area contributed by atoms with Crippen LogP contribution in [-0.4, -0.2) is 11.3 Å². The Balaban J connectivity index is 1.38. The molecular formula is C75H82BN3. The number of anilines is 6. The van der Waals surface area contributed by atoms with E-state index in [0.29, 0.717) is 0 Å². The third-order valence-electron chi connectivity index (χ3n) is 17.3. The summed E-state index contributed by atoms with van der Waals surface area (Å²) in [4.78, 5) is 5.31. The van der Waals surface area contributed by atoms with Gasteiger partial charge in [-0.3, -0.25) is 0 Å². The smallest absolute Gasteiger partial charge is 0.252 e. The molecular weight excluding hydrogens is 954 g/mol. The fourth-order valence-electron chi connectivity index (χ4n) is 13.1. The molecule has 7 aromatic carbocycles. The molecule has 10 rings (SSSR count). The molecule has 0 radical (unpaired) electrons. The number of aromatic nitrogens is 1. The molecule has 1 aromatic heterocycles. The normalized spacial score (nSPS) is 13.7. The van der Waals surface area contributed by atoms with E-state index in [0.717, 1.165) is 39.1 Å². The van der Waals surface area contributed by atoms with Gasteiger partial charge >= 0.3 is 0 Å². The minimum Gasteiger partial charge on any atom is -0.311 e. The average molecular weight is 1040 g/mol. The Bertz CT molecular complexity index is 3890. The van der Waals surface area contributed by atoms with Gasteiger partial charge in [0.15, 0.2) is 0 Å². The summed E-state index contributed by atoms with van der Waals surface area (Å²) in [5.41, 5.74) is 33.6. The molecule has 0 amide bonds. The number of hydrogen-bond donors (Lipinski definition) is 0. The van der Waals surface area contributed by atoms with E-state index in [-0.39, 0.29) is 23.0 Å². The molecule has 2 aliphatic heterocycles. The fourth-order valence-corrected chi connectivity index (χ4v) is 13.1. The molecule has 400 valence electrons. The van der Waals surface area contributed by atoms with Crippen LogP contribution in [0.15, 0.2) is 147 Å². The molecule has 8 aromatic rings. The van der Waals surface area contributed by atoms with Crippen molar-refractivity contribution in [1.29, 1.82) is 0 Å². The Morgan fingerprint density at radius 1 is 0.519 bits per heavy atom. The molecule has 0 atom stereocenters. The quantitative estimate of drug-likeness (QED) is 0.105. The molecule has 0 fully saturated rings. The monoisotopic (exact) mass is 1040 g/mol. The molecule has 0 aliphatic carbocycles. The van der Waals surface area contributed by atoms with Gasteiger partial charge in [0.2, 0.25) is 0 Å². The third kappa shape index (κ3) is 9.00. The highest BCUT2D eigenvalue weighted by Gasteiger charge is 2.46. The first-order chi connectivity index (χ1) is 37.2. The van der Waals surface area contributed by atoms with E-state index in [1.54, 1.807) is 0 Å². The van der Waals surface area contributed by atoms with Gasteiger partial charge in [-0.15, -0.1) is 0 Å². The number of benzene rings is 7. The summed E-state index contributed by atoms with van der Waals surface area (Å²) in [7, 11) is 0. The van der Waals surface area contributed by atoms with Crippen molar-refractivity contribution in [2.75, 3.05) is 9.80 Å². The maximum atomic E-state index is 4.67. The Morgan fingerprint density at radius 3 is 1.57 bits per heavy atom. The molecule has 2 aliphatic rings.